The number of rotatable bonds is 18. The number of methoxy groups -OCH3 is 1. The molecule has 0 saturated carbocycles. The van der Waals surface area contributed by atoms with E-state index in [0.717, 1.165) is 24.8 Å². The number of carbonyl (C=O) groups is 4. The molecule has 2 unspecified atom stereocenters. The van der Waals surface area contributed by atoms with Gasteiger partial charge in [-0.25, -0.2) is 19.2 Å². The van der Waals surface area contributed by atoms with Crippen LogP contribution in [0.15, 0.2) is 54.6 Å². The van der Waals surface area contributed by atoms with Crippen LogP contribution in [0.4, 0.5) is 0 Å². The van der Waals surface area contributed by atoms with Gasteiger partial charge in [0.05, 0.1) is 0 Å². The quantitative estimate of drug-likeness (QED) is 0.0500. The molecule has 2 saturated heterocycles. The maximum Gasteiger partial charge on any atom is 0.347 e. The average molecular weight is 845 g/mol. The number of aryl methyl sites for hydroxylation is 1. The molecule has 1 aromatic carbocycles. The molecule has 0 amide bonds. The van der Waals surface area contributed by atoms with Gasteiger partial charge in [0.1, 0.15) is 16.8 Å². The molecule has 0 radical (unpaired) electrons. The molecule has 0 aromatic heterocycles. The molecule has 2 fully saturated rings. The van der Waals surface area contributed by atoms with Gasteiger partial charge in [0.25, 0.3) is 5.60 Å². The van der Waals surface area contributed by atoms with Crippen LogP contribution in [0.2, 0.25) is 0 Å². The molecule has 13 nitrogen and oxygen atoms in total. The summed E-state index contributed by atoms with van der Waals surface area (Å²) in [6.45, 7) is 23.4. The Morgan fingerprint density at radius 1 is 0.817 bits per heavy atom. The van der Waals surface area contributed by atoms with Crippen LogP contribution in [0.1, 0.15) is 135 Å². The van der Waals surface area contributed by atoms with E-state index < -0.39 is 81.8 Å². The molecule has 2 aliphatic heterocycles. The van der Waals surface area contributed by atoms with E-state index in [1.54, 1.807) is 82.2 Å². The van der Waals surface area contributed by atoms with Crippen molar-refractivity contribution in [1.29, 1.82) is 0 Å². The van der Waals surface area contributed by atoms with Crippen LogP contribution >= 0.6 is 0 Å². The standard InChI is InChI=1S/C47H72O13/c1-16-31(2)30-32(3)27-28-34(48)54-36-35(55-44(13,14)53-15)45(29-23-18-17-20-24-33-25-21-19-22-26-33)56-37(38(49)57-41(4,5)6)46(52,39(50)58-42(7,8)9)47(36,60-45)40(51)59-43(10,11)12/h17-19,21-22,25-28,31-32,35-37,52H,16,20,23-24,29-30H2,1-15H3/b18-17+,28-27+/t31?,32?,35-,36-,37-,45-,46-,47-/m1/s1. The first-order valence-electron chi connectivity index (χ1n) is 21.2. The zero-order valence-corrected chi connectivity index (χ0v) is 38.7. The third-order valence-electron chi connectivity index (χ3n) is 10.2. The molecule has 13 heteroatoms. The van der Waals surface area contributed by atoms with Gasteiger partial charge in [0.2, 0.25) is 17.5 Å². The highest BCUT2D eigenvalue weighted by Gasteiger charge is 2.87. The van der Waals surface area contributed by atoms with Crippen molar-refractivity contribution < 1.29 is 62.2 Å². The van der Waals surface area contributed by atoms with E-state index in [4.69, 9.17) is 37.9 Å². The van der Waals surface area contributed by atoms with E-state index in [1.807, 2.05) is 49.4 Å². The molecule has 2 bridgehead atoms. The molecule has 0 aliphatic carbocycles. The van der Waals surface area contributed by atoms with Crippen molar-refractivity contribution in [2.24, 2.45) is 11.8 Å². The minimum absolute atomic E-state index is 0.0376. The number of esters is 4. The van der Waals surface area contributed by atoms with Gasteiger partial charge in [-0.05, 0) is 119 Å². The van der Waals surface area contributed by atoms with Crippen LogP contribution in [0.25, 0.3) is 0 Å². The van der Waals surface area contributed by atoms with Crippen LogP contribution in [-0.2, 0) is 63.5 Å². The highest BCUT2D eigenvalue weighted by Crippen LogP contribution is 2.58. The van der Waals surface area contributed by atoms with Crippen LogP contribution in [0.3, 0.4) is 0 Å². The number of ether oxygens (including phenoxy) is 8. The largest absolute Gasteiger partial charge is 0.458 e. The molecule has 2 heterocycles. The predicted octanol–water partition coefficient (Wildman–Crippen LogP) is 7.88. The molecule has 60 heavy (non-hydrogen) atoms. The molecule has 1 N–H and O–H groups in total. The van der Waals surface area contributed by atoms with Crippen molar-refractivity contribution >= 4 is 23.9 Å². The Hall–Kier alpha value is -3.62. The Morgan fingerprint density at radius 2 is 1.38 bits per heavy atom. The zero-order valence-electron chi connectivity index (χ0n) is 38.7. The molecule has 338 valence electrons. The third-order valence-corrected chi connectivity index (χ3v) is 10.2. The van der Waals surface area contributed by atoms with Crippen molar-refractivity contribution in [3.8, 4) is 0 Å². The topological polar surface area (TPSA) is 162 Å². The fraction of sp³-hybridized carbons (Fsp3) is 0.702. The SMILES string of the molecule is CCC(C)CC(C)/C=C/C(=O)O[C@@H]1[C@@H](OC(C)(C)OC)[C@]2(CC/C=C/CCc3ccccc3)O[C@H](C(=O)OC(C)(C)C)[C@@](O)(C(=O)OC(C)(C)C)[C@@]1(C(=O)OC(C)(C)C)O2. The minimum atomic E-state index is -3.41. The number of benzene rings is 1. The lowest BCUT2D eigenvalue weighted by molar-refractivity contribution is -0.387. The summed E-state index contributed by atoms with van der Waals surface area (Å²) in [4.78, 5) is 58.6. The summed E-state index contributed by atoms with van der Waals surface area (Å²) in [5.41, 5.74) is -9.03. The van der Waals surface area contributed by atoms with E-state index in [1.165, 1.54) is 13.2 Å². The number of fused-ring (bicyclic) bond motifs is 2. The first-order valence-corrected chi connectivity index (χ1v) is 21.2. The lowest BCUT2D eigenvalue weighted by Crippen LogP contribution is -2.79. The number of allylic oxidation sites excluding steroid dienone is 3. The van der Waals surface area contributed by atoms with E-state index in [9.17, 15) is 19.5 Å². The summed E-state index contributed by atoms with van der Waals surface area (Å²) in [5.74, 6) is -8.33. The Morgan fingerprint density at radius 3 is 1.93 bits per heavy atom. The lowest BCUT2D eigenvalue weighted by atomic mass is 9.74. The molecule has 0 spiro atoms. The van der Waals surface area contributed by atoms with Gasteiger partial charge in [0.15, 0.2) is 18.0 Å². The van der Waals surface area contributed by atoms with Crippen molar-refractivity contribution in [3.63, 3.8) is 0 Å². The minimum Gasteiger partial charge on any atom is -0.458 e. The summed E-state index contributed by atoms with van der Waals surface area (Å²) < 4.78 is 49.4. The third kappa shape index (κ3) is 12.7. The van der Waals surface area contributed by atoms with E-state index in [-0.39, 0.29) is 18.8 Å². The fourth-order valence-electron chi connectivity index (χ4n) is 7.16. The summed E-state index contributed by atoms with van der Waals surface area (Å²) in [6, 6.07) is 9.98. The Kier molecular flexibility index (Phi) is 16.6. The van der Waals surface area contributed by atoms with Gasteiger partial charge in [0, 0.05) is 19.6 Å². The van der Waals surface area contributed by atoms with E-state index >= 15 is 4.79 Å². The summed E-state index contributed by atoms with van der Waals surface area (Å²) >= 11 is 0. The maximum absolute atomic E-state index is 15.2. The molecular formula is C47H72O13. The summed E-state index contributed by atoms with van der Waals surface area (Å²) in [6.07, 6.45) is 4.07. The van der Waals surface area contributed by atoms with E-state index in [2.05, 4.69) is 13.8 Å². The lowest BCUT2D eigenvalue weighted by Gasteiger charge is -2.51. The number of aliphatic hydroxyl groups is 1. The fourth-order valence-corrected chi connectivity index (χ4v) is 7.16. The average Bonchev–Trinajstić information content (AvgIpc) is 3.34. The highest BCUT2D eigenvalue weighted by atomic mass is 16.8. The predicted molar refractivity (Wildman–Crippen MR) is 225 cm³/mol. The molecule has 2 aliphatic rings. The molecular weight excluding hydrogens is 773 g/mol. The first-order chi connectivity index (χ1) is 27.5. The van der Waals surface area contributed by atoms with Gasteiger partial charge >= 0.3 is 23.9 Å². The van der Waals surface area contributed by atoms with Gasteiger partial charge in [-0.3, -0.25) is 0 Å². The first kappa shape index (κ1) is 50.7. The monoisotopic (exact) mass is 844 g/mol. The van der Waals surface area contributed by atoms with Gasteiger partial charge < -0.3 is 43.0 Å². The van der Waals surface area contributed by atoms with Gasteiger partial charge in [-0.15, -0.1) is 0 Å². The van der Waals surface area contributed by atoms with Crippen molar-refractivity contribution in [2.45, 2.75) is 193 Å². The molecule has 8 atom stereocenters. The van der Waals surface area contributed by atoms with Crippen molar-refractivity contribution in [1.82, 2.24) is 0 Å². The maximum atomic E-state index is 15.2. The van der Waals surface area contributed by atoms with E-state index in [0.29, 0.717) is 12.3 Å². The normalized spacial score (nSPS) is 27.1. The molecule has 1 aromatic rings. The second-order valence-corrected chi connectivity index (χ2v) is 19.6. The van der Waals surface area contributed by atoms with Crippen LogP contribution in [-0.4, -0.2) is 94.0 Å². The van der Waals surface area contributed by atoms with Crippen molar-refractivity contribution in [2.75, 3.05) is 7.11 Å². The Labute approximate surface area is 357 Å². The number of hydrogen-bond donors (Lipinski definition) is 1. The zero-order chi connectivity index (χ0) is 45.5. The van der Waals surface area contributed by atoms with Crippen LogP contribution in [0.5, 0.6) is 0 Å². The van der Waals surface area contributed by atoms with Crippen LogP contribution < -0.4 is 0 Å². The van der Waals surface area contributed by atoms with Crippen LogP contribution in [0, 0.1) is 11.8 Å². The number of carbonyl (C=O) groups excluding carboxylic acids is 4. The summed E-state index contributed by atoms with van der Waals surface area (Å²) in [5, 5.41) is 13.3. The summed E-state index contributed by atoms with van der Waals surface area (Å²) in [7, 11) is 1.39. The van der Waals surface area contributed by atoms with Gasteiger partial charge in [-0.2, -0.15) is 0 Å². The second kappa shape index (κ2) is 19.6. The van der Waals surface area contributed by atoms with Crippen molar-refractivity contribution in [3.05, 3.63) is 60.2 Å². The number of hydrogen-bond acceptors (Lipinski definition) is 13. The highest BCUT2D eigenvalue weighted by molar-refractivity contribution is 6.00. The smallest absolute Gasteiger partial charge is 0.347 e. The Bertz CT molecular complexity index is 1680. The second-order valence-electron chi connectivity index (χ2n) is 19.6. The van der Waals surface area contributed by atoms with Gasteiger partial charge in [-0.1, -0.05) is 75.8 Å². The Balaban J connectivity index is 2.39. The molecule has 3 rings (SSSR count).